The fourth-order valence-electron chi connectivity index (χ4n) is 6.43. The summed E-state index contributed by atoms with van der Waals surface area (Å²) in [7, 11) is -3.50. The minimum absolute atomic E-state index is 0.0468. The molecule has 0 aromatic heterocycles. The lowest BCUT2D eigenvalue weighted by molar-refractivity contribution is 0.0201. The molecular formula is C26H54O2Si2. The number of fused-ring (bicyclic) bond motifs is 2. The zero-order valence-corrected chi connectivity index (χ0v) is 24.7. The topological polar surface area (TPSA) is 18.5 Å². The maximum atomic E-state index is 7.35. The Hall–Kier alpha value is 0.354. The molecule has 0 aliphatic heterocycles. The van der Waals surface area contributed by atoms with Gasteiger partial charge in [-0.15, -0.1) is 0 Å². The van der Waals surface area contributed by atoms with E-state index in [1.165, 1.54) is 38.5 Å². The Morgan fingerprint density at radius 1 is 0.933 bits per heavy atom. The first-order valence-electron chi connectivity index (χ1n) is 12.9. The molecule has 5 atom stereocenters. The highest BCUT2D eigenvalue weighted by atomic mass is 28.4. The van der Waals surface area contributed by atoms with E-state index in [-0.39, 0.29) is 16.2 Å². The van der Waals surface area contributed by atoms with Crippen LogP contribution in [-0.4, -0.2) is 28.6 Å². The van der Waals surface area contributed by atoms with Crippen molar-refractivity contribution in [3.8, 4) is 0 Å². The van der Waals surface area contributed by atoms with Gasteiger partial charge in [-0.3, -0.25) is 0 Å². The van der Waals surface area contributed by atoms with Crippen molar-refractivity contribution in [3.05, 3.63) is 0 Å². The fraction of sp³-hybridized carbons (Fsp3) is 1.00. The minimum atomic E-state index is -2.14. The number of hydrogen-bond donors (Lipinski definition) is 0. The van der Waals surface area contributed by atoms with E-state index in [2.05, 4.69) is 82.3 Å². The molecule has 2 aliphatic rings. The van der Waals surface area contributed by atoms with Gasteiger partial charge in [0.25, 0.3) is 0 Å². The lowest BCUT2D eigenvalue weighted by Crippen LogP contribution is -2.62. The number of rotatable bonds is 11. The molecule has 0 N–H and O–H groups in total. The molecule has 30 heavy (non-hydrogen) atoms. The first-order chi connectivity index (χ1) is 13.5. The monoisotopic (exact) mass is 454 g/mol. The van der Waals surface area contributed by atoms with Gasteiger partial charge in [0.1, 0.15) is 0 Å². The van der Waals surface area contributed by atoms with Crippen LogP contribution >= 0.6 is 0 Å². The molecule has 5 unspecified atom stereocenters. The molecule has 0 aromatic rings. The number of hydrogen-bond acceptors (Lipinski definition) is 2. The second-order valence-corrected chi connectivity index (χ2v) is 20.7. The maximum Gasteiger partial charge on any atom is 0.202 e. The normalized spacial score (nSPS) is 28.6. The van der Waals surface area contributed by atoms with Crippen LogP contribution in [0.5, 0.6) is 0 Å². The van der Waals surface area contributed by atoms with Gasteiger partial charge >= 0.3 is 0 Å². The quantitative estimate of drug-likeness (QED) is 0.291. The van der Waals surface area contributed by atoms with E-state index in [0.29, 0.717) is 5.04 Å². The van der Waals surface area contributed by atoms with Gasteiger partial charge in [0, 0.05) is 5.04 Å². The predicted molar refractivity (Wildman–Crippen MR) is 137 cm³/mol. The van der Waals surface area contributed by atoms with Crippen molar-refractivity contribution in [2.75, 3.05) is 0 Å². The van der Waals surface area contributed by atoms with Crippen molar-refractivity contribution < 1.29 is 8.85 Å². The summed E-state index contributed by atoms with van der Waals surface area (Å²) in [5, 5.41) is 0.376. The molecule has 178 valence electrons. The van der Waals surface area contributed by atoms with Gasteiger partial charge in [0.15, 0.2) is 9.04 Å². The highest BCUT2D eigenvalue weighted by Crippen LogP contribution is 2.64. The van der Waals surface area contributed by atoms with Gasteiger partial charge in [-0.1, -0.05) is 60.8 Å². The van der Waals surface area contributed by atoms with E-state index < -0.39 is 17.4 Å². The van der Waals surface area contributed by atoms with Gasteiger partial charge in [-0.25, -0.2) is 0 Å². The fourth-order valence-corrected chi connectivity index (χ4v) is 14.6. The first-order valence-corrected chi connectivity index (χ1v) is 17.6. The molecule has 4 heteroatoms. The summed E-state index contributed by atoms with van der Waals surface area (Å²) in [4.78, 5) is 0. The van der Waals surface area contributed by atoms with E-state index in [0.717, 1.165) is 23.8 Å². The molecule has 0 amide bonds. The summed E-state index contributed by atoms with van der Waals surface area (Å²) in [6, 6.07) is 0. The van der Waals surface area contributed by atoms with Gasteiger partial charge in [-0.05, 0) is 88.9 Å². The average Bonchev–Trinajstić information content (AvgIpc) is 3.24. The van der Waals surface area contributed by atoms with Gasteiger partial charge < -0.3 is 8.85 Å². The zero-order chi connectivity index (χ0) is 23.2. The summed E-state index contributed by atoms with van der Waals surface area (Å²) in [6.07, 6.45) is 9.32. The molecule has 2 saturated carbocycles. The summed E-state index contributed by atoms with van der Waals surface area (Å²) in [5.41, 5.74) is 0.553. The molecule has 0 spiro atoms. The van der Waals surface area contributed by atoms with E-state index in [1.807, 2.05) is 0 Å². The summed E-state index contributed by atoms with van der Waals surface area (Å²) < 4.78 is 14.5. The first kappa shape index (κ1) is 26.6. The molecular weight excluding hydrogens is 400 g/mol. The molecule has 2 fully saturated rings. The third kappa shape index (κ3) is 4.97. The predicted octanol–water partition coefficient (Wildman–Crippen LogP) is 8.47. The molecule has 0 radical (unpaired) electrons. The summed E-state index contributed by atoms with van der Waals surface area (Å²) >= 11 is 0. The molecule has 2 rings (SSSR count). The lowest BCUT2D eigenvalue weighted by Gasteiger charge is -2.58. The second-order valence-electron chi connectivity index (χ2n) is 13.2. The van der Waals surface area contributed by atoms with Crippen LogP contribution in [0.4, 0.5) is 0 Å². The van der Waals surface area contributed by atoms with Crippen LogP contribution in [0.2, 0.25) is 28.7 Å². The van der Waals surface area contributed by atoms with Crippen molar-refractivity contribution in [1.82, 2.24) is 0 Å². The van der Waals surface area contributed by atoms with Crippen molar-refractivity contribution in [2.24, 2.45) is 11.8 Å². The molecule has 2 nitrogen and oxygen atoms in total. The van der Waals surface area contributed by atoms with Crippen LogP contribution in [0, 0.1) is 11.8 Å². The standard InChI is InChI=1S/C26H54O2Si2/c1-13-17-24(5,6)29(11)27-25(7,8)26(9,10)30(12,28-23(3,4)14-2)22-19-20-15-16-21(22)18-20/h20-22,29H,13-19H2,1-12H3. The SMILES string of the molecule is CCCC(C)(C)[SiH](C)OC(C)(C)C(C)(C)[Si](C)(OC(C)(C)CC)C1CC2CCC1C2. The Morgan fingerprint density at radius 3 is 1.97 bits per heavy atom. The van der Waals surface area contributed by atoms with Crippen molar-refractivity contribution >= 4 is 17.4 Å². The highest BCUT2D eigenvalue weighted by Gasteiger charge is 2.63. The van der Waals surface area contributed by atoms with Crippen molar-refractivity contribution in [2.45, 2.75) is 154 Å². The Morgan fingerprint density at radius 2 is 1.53 bits per heavy atom. The van der Waals surface area contributed by atoms with Crippen LogP contribution in [0.3, 0.4) is 0 Å². The van der Waals surface area contributed by atoms with E-state index in [1.54, 1.807) is 0 Å². The van der Waals surface area contributed by atoms with Crippen LogP contribution in [-0.2, 0) is 8.85 Å². The molecule has 0 aromatic carbocycles. The molecule has 0 saturated heterocycles. The minimum Gasteiger partial charge on any atom is -0.415 e. The van der Waals surface area contributed by atoms with E-state index in [4.69, 9.17) is 8.85 Å². The second kappa shape index (κ2) is 8.95. The third-order valence-electron chi connectivity index (χ3n) is 10.00. The molecule has 0 heterocycles. The Labute approximate surface area is 192 Å². The van der Waals surface area contributed by atoms with Crippen molar-refractivity contribution in [3.63, 3.8) is 0 Å². The third-order valence-corrected chi connectivity index (χ3v) is 19.6. The summed E-state index contributed by atoms with van der Waals surface area (Å²) in [5.74, 6) is 1.84. The molecule has 2 bridgehead atoms. The van der Waals surface area contributed by atoms with Crippen LogP contribution in [0.25, 0.3) is 0 Å². The van der Waals surface area contributed by atoms with Crippen LogP contribution < -0.4 is 0 Å². The lowest BCUT2D eigenvalue weighted by atomic mass is 9.93. The van der Waals surface area contributed by atoms with E-state index in [9.17, 15) is 0 Å². The zero-order valence-electron chi connectivity index (χ0n) is 22.6. The molecule has 2 aliphatic carbocycles. The van der Waals surface area contributed by atoms with Gasteiger partial charge in [-0.2, -0.15) is 0 Å². The van der Waals surface area contributed by atoms with Crippen molar-refractivity contribution in [1.29, 1.82) is 0 Å². The van der Waals surface area contributed by atoms with Gasteiger partial charge in [0.2, 0.25) is 8.32 Å². The maximum absolute atomic E-state index is 7.35. The Kier molecular flexibility index (Phi) is 7.94. The van der Waals surface area contributed by atoms with Crippen LogP contribution in [0.1, 0.15) is 114 Å². The van der Waals surface area contributed by atoms with Gasteiger partial charge in [0.05, 0.1) is 11.2 Å². The highest BCUT2D eigenvalue weighted by molar-refractivity contribution is 6.77. The Balaban J connectivity index is 2.39. The average molecular weight is 455 g/mol. The Bertz CT molecular complexity index is 584. The van der Waals surface area contributed by atoms with Crippen LogP contribution in [0.15, 0.2) is 0 Å². The summed E-state index contributed by atoms with van der Waals surface area (Å²) in [6.45, 7) is 28.9. The smallest absolute Gasteiger partial charge is 0.202 e. The largest absolute Gasteiger partial charge is 0.415 e. The van der Waals surface area contributed by atoms with E-state index >= 15 is 0 Å².